The van der Waals surface area contributed by atoms with Gasteiger partial charge in [-0.15, -0.1) is 0 Å². The number of imide groups is 1. The van der Waals surface area contributed by atoms with Crippen LogP contribution in [0.15, 0.2) is 35.2 Å². The van der Waals surface area contributed by atoms with Crippen molar-refractivity contribution in [3.05, 3.63) is 30.3 Å². The Balaban J connectivity index is 1.75. The molecular weight excluding hydrogens is 374 g/mol. The molecule has 10 heteroatoms. The van der Waals surface area contributed by atoms with E-state index in [9.17, 15) is 22.8 Å². The Kier molecular flexibility index (Phi) is 7.31. The monoisotopic (exact) mass is 397 g/mol. The molecule has 1 aromatic carbocycles. The molecule has 3 N–H and O–H groups in total. The number of ether oxygens (including phenoxy) is 1. The van der Waals surface area contributed by atoms with E-state index in [2.05, 4.69) is 15.4 Å². The summed E-state index contributed by atoms with van der Waals surface area (Å²) in [5, 5.41) is 4.78. The normalized spacial score (nSPS) is 15.7. The van der Waals surface area contributed by atoms with Crippen LogP contribution in [0.5, 0.6) is 0 Å². The third-order valence-corrected chi connectivity index (χ3v) is 5.48. The van der Waals surface area contributed by atoms with Crippen LogP contribution in [0, 0.1) is 0 Å². The second kappa shape index (κ2) is 9.47. The molecule has 1 aliphatic carbocycles. The first-order valence-corrected chi connectivity index (χ1v) is 10.1. The van der Waals surface area contributed by atoms with E-state index in [-0.39, 0.29) is 10.9 Å². The van der Waals surface area contributed by atoms with Crippen LogP contribution < -0.4 is 15.4 Å². The van der Waals surface area contributed by atoms with Crippen molar-refractivity contribution in [2.24, 2.45) is 0 Å². The first-order chi connectivity index (χ1) is 12.8. The molecule has 0 saturated heterocycles. The molecule has 1 saturated carbocycles. The van der Waals surface area contributed by atoms with Gasteiger partial charge in [0, 0.05) is 6.04 Å². The van der Waals surface area contributed by atoms with Crippen LogP contribution in [0.1, 0.15) is 32.6 Å². The van der Waals surface area contributed by atoms with Crippen molar-refractivity contribution in [1.29, 1.82) is 0 Å². The van der Waals surface area contributed by atoms with E-state index < -0.39 is 40.6 Å². The molecule has 148 valence electrons. The van der Waals surface area contributed by atoms with Gasteiger partial charge in [0.15, 0.2) is 6.10 Å². The molecular formula is C17H23N3O6S. The molecule has 27 heavy (non-hydrogen) atoms. The van der Waals surface area contributed by atoms with Crippen LogP contribution in [0.3, 0.4) is 0 Å². The minimum Gasteiger partial charge on any atom is -0.452 e. The van der Waals surface area contributed by atoms with Crippen molar-refractivity contribution >= 4 is 27.9 Å². The predicted molar refractivity (Wildman–Crippen MR) is 96.1 cm³/mol. The van der Waals surface area contributed by atoms with Gasteiger partial charge in [-0.3, -0.25) is 14.9 Å². The molecule has 0 unspecified atom stereocenters. The minimum atomic E-state index is -3.86. The molecule has 0 aromatic heterocycles. The molecule has 0 aliphatic heterocycles. The largest absolute Gasteiger partial charge is 0.452 e. The Hall–Kier alpha value is -2.46. The van der Waals surface area contributed by atoms with Crippen LogP contribution in [0.4, 0.5) is 4.79 Å². The Bertz CT molecular complexity index is 775. The van der Waals surface area contributed by atoms with Crippen LogP contribution in [-0.4, -0.2) is 45.0 Å². The molecule has 9 nitrogen and oxygen atoms in total. The molecule has 0 radical (unpaired) electrons. The van der Waals surface area contributed by atoms with Crippen molar-refractivity contribution in [3.63, 3.8) is 0 Å². The Labute approximate surface area is 157 Å². The molecule has 0 heterocycles. The molecule has 0 bridgehead atoms. The highest BCUT2D eigenvalue weighted by atomic mass is 32.2. The van der Waals surface area contributed by atoms with Gasteiger partial charge in [0.25, 0.3) is 5.91 Å². The van der Waals surface area contributed by atoms with Crippen LogP contribution in [0.2, 0.25) is 0 Å². The summed E-state index contributed by atoms with van der Waals surface area (Å²) in [5.41, 5.74) is 0. The third kappa shape index (κ3) is 6.65. The lowest BCUT2D eigenvalue weighted by atomic mass is 10.2. The summed E-state index contributed by atoms with van der Waals surface area (Å²) in [7, 11) is -3.86. The Morgan fingerprint density at radius 3 is 2.41 bits per heavy atom. The highest BCUT2D eigenvalue weighted by molar-refractivity contribution is 7.89. The van der Waals surface area contributed by atoms with E-state index in [1.807, 2.05) is 0 Å². The summed E-state index contributed by atoms with van der Waals surface area (Å²) in [6, 6.07) is 6.93. The molecule has 2 rings (SSSR count). The molecule has 1 aromatic rings. The number of rotatable bonds is 7. The standard InChI is InChI=1S/C17H23N3O6S/c1-12(16(22)20-17(23)19-13-7-5-6-8-13)26-15(21)11-18-27(24,25)14-9-3-2-4-10-14/h2-4,9-10,12-13,18H,5-8,11H2,1H3,(H2,19,20,22,23)/t12-/m0/s1. The number of hydrogen-bond donors (Lipinski definition) is 3. The summed E-state index contributed by atoms with van der Waals surface area (Å²) >= 11 is 0. The van der Waals surface area contributed by atoms with Gasteiger partial charge in [0.05, 0.1) is 4.90 Å². The second-order valence-electron chi connectivity index (χ2n) is 6.21. The van der Waals surface area contributed by atoms with Crippen molar-refractivity contribution in [3.8, 4) is 0 Å². The topological polar surface area (TPSA) is 131 Å². The molecule has 1 fully saturated rings. The average Bonchev–Trinajstić information content (AvgIpc) is 3.13. The zero-order chi connectivity index (χ0) is 19.9. The number of urea groups is 1. The Morgan fingerprint density at radius 1 is 1.15 bits per heavy atom. The van der Waals surface area contributed by atoms with E-state index in [0.29, 0.717) is 0 Å². The fraction of sp³-hybridized carbons (Fsp3) is 0.471. The summed E-state index contributed by atoms with van der Waals surface area (Å²) in [4.78, 5) is 35.4. The maximum Gasteiger partial charge on any atom is 0.321 e. The van der Waals surface area contributed by atoms with Crippen molar-refractivity contribution in [2.45, 2.75) is 49.6 Å². The van der Waals surface area contributed by atoms with Gasteiger partial charge >= 0.3 is 12.0 Å². The third-order valence-electron chi connectivity index (χ3n) is 4.06. The number of carbonyl (C=O) groups is 3. The number of sulfonamides is 1. The van der Waals surface area contributed by atoms with Crippen LogP contribution in [-0.2, 0) is 24.3 Å². The summed E-state index contributed by atoms with van der Waals surface area (Å²) in [6.07, 6.45) is 2.56. The van der Waals surface area contributed by atoms with Crippen LogP contribution >= 0.6 is 0 Å². The van der Waals surface area contributed by atoms with Gasteiger partial charge in [-0.2, -0.15) is 4.72 Å². The highest BCUT2D eigenvalue weighted by Crippen LogP contribution is 2.17. The van der Waals surface area contributed by atoms with E-state index in [4.69, 9.17) is 4.74 Å². The van der Waals surface area contributed by atoms with E-state index >= 15 is 0 Å². The number of benzene rings is 1. The zero-order valence-electron chi connectivity index (χ0n) is 14.9. The Morgan fingerprint density at radius 2 is 1.78 bits per heavy atom. The lowest BCUT2D eigenvalue weighted by Gasteiger charge is -2.15. The van der Waals surface area contributed by atoms with Crippen LogP contribution in [0.25, 0.3) is 0 Å². The lowest BCUT2D eigenvalue weighted by Crippen LogP contribution is -2.47. The molecule has 0 spiro atoms. The first-order valence-electron chi connectivity index (χ1n) is 8.63. The molecule has 1 atom stereocenters. The quantitative estimate of drug-likeness (QED) is 0.580. The maximum atomic E-state index is 12.0. The number of carbonyl (C=O) groups excluding carboxylic acids is 3. The number of esters is 1. The van der Waals surface area contributed by atoms with E-state index in [0.717, 1.165) is 25.7 Å². The van der Waals surface area contributed by atoms with E-state index in [1.165, 1.54) is 19.1 Å². The van der Waals surface area contributed by atoms with E-state index in [1.54, 1.807) is 18.2 Å². The van der Waals surface area contributed by atoms with Crippen molar-refractivity contribution in [2.75, 3.05) is 6.54 Å². The minimum absolute atomic E-state index is 0.00664. The van der Waals surface area contributed by atoms with Crippen molar-refractivity contribution < 1.29 is 27.5 Å². The van der Waals surface area contributed by atoms with Gasteiger partial charge in [0.2, 0.25) is 10.0 Å². The van der Waals surface area contributed by atoms with Gasteiger partial charge in [-0.1, -0.05) is 31.0 Å². The number of amides is 3. The number of nitrogens with one attached hydrogen (secondary N) is 3. The van der Waals surface area contributed by atoms with Gasteiger partial charge in [-0.25, -0.2) is 13.2 Å². The summed E-state index contributed by atoms with van der Waals surface area (Å²) in [6.45, 7) is 0.658. The summed E-state index contributed by atoms with van der Waals surface area (Å²) < 4.78 is 31.0. The van der Waals surface area contributed by atoms with Gasteiger partial charge < -0.3 is 10.1 Å². The van der Waals surface area contributed by atoms with Gasteiger partial charge in [0.1, 0.15) is 6.54 Å². The fourth-order valence-electron chi connectivity index (χ4n) is 2.63. The van der Waals surface area contributed by atoms with Crippen molar-refractivity contribution in [1.82, 2.24) is 15.4 Å². The lowest BCUT2D eigenvalue weighted by molar-refractivity contribution is -0.153. The molecule has 1 aliphatic rings. The summed E-state index contributed by atoms with van der Waals surface area (Å²) in [5.74, 6) is -1.72. The maximum absolute atomic E-state index is 12.0. The predicted octanol–water partition coefficient (Wildman–Crippen LogP) is 0.665. The number of hydrogen-bond acceptors (Lipinski definition) is 6. The smallest absolute Gasteiger partial charge is 0.321 e. The molecule has 3 amide bonds. The highest BCUT2D eigenvalue weighted by Gasteiger charge is 2.23. The SMILES string of the molecule is C[C@H](OC(=O)CNS(=O)(=O)c1ccccc1)C(=O)NC(=O)NC1CCCC1. The second-order valence-corrected chi connectivity index (χ2v) is 7.98. The zero-order valence-corrected chi connectivity index (χ0v) is 15.8. The first kappa shape index (κ1) is 20.8. The van der Waals surface area contributed by atoms with Gasteiger partial charge in [-0.05, 0) is 31.9 Å². The average molecular weight is 397 g/mol. The fourth-order valence-corrected chi connectivity index (χ4v) is 3.62.